The Balaban J connectivity index is 1.58. The molecular weight excluding hydrogens is 314 g/mol. The highest BCUT2D eigenvalue weighted by atomic mass is 16.5. The molecule has 1 aliphatic carbocycles. The van der Waals surface area contributed by atoms with Crippen molar-refractivity contribution in [3.63, 3.8) is 0 Å². The van der Waals surface area contributed by atoms with E-state index in [9.17, 15) is 5.11 Å². The third-order valence-corrected chi connectivity index (χ3v) is 5.07. The summed E-state index contributed by atoms with van der Waals surface area (Å²) in [6.07, 6.45) is 10.0. The first-order chi connectivity index (χ1) is 12.2. The van der Waals surface area contributed by atoms with Crippen LogP contribution in [0.2, 0.25) is 0 Å². The number of hydrogen-bond acceptors (Lipinski definition) is 4. The third kappa shape index (κ3) is 3.45. The van der Waals surface area contributed by atoms with Gasteiger partial charge in [-0.3, -0.25) is 4.90 Å². The molecule has 25 heavy (non-hydrogen) atoms. The van der Waals surface area contributed by atoms with Crippen molar-refractivity contribution in [2.45, 2.75) is 39.2 Å². The van der Waals surface area contributed by atoms with Crippen LogP contribution in [0.5, 0.6) is 11.5 Å². The van der Waals surface area contributed by atoms with Crippen LogP contribution >= 0.6 is 0 Å². The van der Waals surface area contributed by atoms with Gasteiger partial charge in [-0.1, -0.05) is 19.4 Å². The van der Waals surface area contributed by atoms with E-state index in [0.717, 1.165) is 36.6 Å². The summed E-state index contributed by atoms with van der Waals surface area (Å²) in [5, 5.41) is 9.55. The summed E-state index contributed by atoms with van der Waals surface area (Å²) in [6, 6.07) is 4.24. The lowest BCUT2D eigenvalue weighted by Crippen LogP contribution is -2.32. The molecule has 4 rings (SSSR count). The molecule has 0 saturated carbocycles. The normalized spacial score (nSPS) is 19.6. The van der Waals surface area contributed by atoms with Crippen molar-refractivity contribution in [3.8, 4) is 11.5 Å². The maximum atomic E-state index is 9.55. The predicted molar refractivity (Wildman–Crippen MR) is 98.8 cm³/mol. The fourth-order valence-corrected chi connectivity index (χ4v) is 3.56. The Morgan fingerprint density at radius 3 is 2.80 bits per heavy atom. The highest BCUT2D eigenvalue weighted by molar-refractivity contribution is 5.69. The number of unbranched alkanes of at least 4 members (excludes halogenated alkanes) is 1. The Labute approximate surface area is 149 Å². The molecular formula is C21H25NO3. The van der Waals surface area contributed by atoms with Gasteiger partial charge in [0.25, 0.3) is 0 Å². The second-order valence-electron chi connectivity index (χ2n) is 6.99. The van der Waals surface area contributed by atoms with Crippen LogP contribution in [0.25, 0.3) is 6.08 Å². The first kappa shape index (κ1) is 16.3. The van der Waals surface area contributed by atoms with Crippen molar-refractivity contribution in [2.24, 2.45) is 0 Å². The minimum atomic E-state index is 0.458. The fraction of sp³-hybridized carbons (Fsp3) is 0.429. The van der Waals surface area contributed by atoms with Crippen molar-refractivity contribution in [1.29, 1.82) is 0 Å². The zero-order valence-electron chi connectivity index (χ0n) is 14.8. The summed E-state index contributed by atoms with van der Waals surface area (Å²) in [7, 11) is 0. The molecule has 1 aromatic carbocycles. The molecule has 0 spiro atoms. The quantitative estimate of drug-likeness (QED) is 0.872. The molecule has 0 aromatic heterocycles. The molecule has 0 atom stereocenters. The van der Waals surface area contributed by atoms with E-state index in [1.165, 1.54) is 29.6 Å². The van der Waals surface area contributed by atoms with Crippen molar-refractivity contribution in [1.82, 2.24) is 4.90 Å². The van der Waals surface area contributed by atoms with E-state index in [-0.39, 0.29) is 0 Å². The molecule has 132 valence electrons. The van der Waals surface area contributed by atoms with Gasteiger partial charge in [-0.05, 0) is 42.2 Å². The highest BCUT2D eigenvalue weighted by Crippen LogP contribution is 2.38. The molecule has 1 aromatic rings. The summed E-state index contributed by atoms with van der Waals surface area (Å²) < 4.78 is 11.9. The number of rotatable bonds is 4. The molecule has 4 nitrogen and oxygen atoms in total. The summed E-state index contributed by atoms with van der Waals surface area (Å²) in [5.74, 6) is 2.31. The monoisotopic (exact) mass is 339 g/mol. The smallest absolute Gasteiger partial charge is 0.142 e. The lowest BCUT2D eigenvalue weighted by atomic mass is 9.93. The standard InChI is InChI=1S/C21H25NO3/c1-2-3-8-22-12-17-9-16-10-18(15-4-6-19(23)7-5-15)13-24-20(16)11-21(17)25-14-22/h4,6,9-11,23H,2-3,5,7-8,12-14H2,1H3. The van der Waals surface area contributed by atoms with E-state index in [1.54, 1.807) is 6.08 Å². The second-order valence-corrected chi connectivity index (χ2v) is 6.99. The number of fused-ring (bicyclic) bond motifs is 2. The Bertz CT molecular complexity index is 761. The van der Waals surface area contributed by atoms with Crippen LogP contribution in [0.1, 0.15) is 43.7 Å². The molecule has 0 saturated heterocycles. The Morgan fingerprint density at radius 1 is 1.08 bits per heavy atom. The maximum absolute atomic E-state index is 9.55. The average Bonchev–Trinajstić information content (AvgIpc) is 2.64. The van der Waals surface area contributed by atoms with Gasteiger partial charge < -0.3 is 14.6 Å². The first-order valence-electron chi connectivity index (χ1n) is 9.17. The molecule has 4 heteroatoms. The van der Waals surface area contributed by atoms with Gasteiger partial charge in [0, 0.05) is 36.7 Å². The van der Waals surface area contributed by atoms with E-state index in [0.29, 0.717) is 25.5 Å². The molecule has 3 aliphatic rings. The minimum Gasteiger partial charge on any atom is -0.512 e. The molecule has 2 aliphatic heterocycles. The van der Waals surface area contributed by atoms with Crippen LogP contribution in [0.3, 0.4) is 0 Å². The molecule has 0 unspecified atom stereocenters. The number of nitrogens with zero attached hydrogens (tertiary/aromatic N) is 1. The Hall–Kier alpha value is -2.20. The van der Waals surface area contributed by atoms with Crippen molar-refractivity contribution < 1.29 is 14.6 Å². The number of benzene rings is 1. The number of allylic oxidation sites excluding steroid dienone is 3. The van der Waals surface area contributed by atoms with Crippen LogP contribution < -0.4 is 9.47 Å². The van der Waals surface area contributed by atoms with Crippen LogP contribution in [-0.2, 0) is 6.54 Å². The molecule has 1 N–H and O–H groups in total. The molecule has 2 heterocycles. The number of aliphatic hydroxyl groups is 1. The van der Waals surface area contributed by atoms with E-state index < -0.39 is 0 Å². The first-order valence-corrected chi connectivity index (χ1v) is 9.17. The number of hydrogen-bond donors (Lipinski definition) is 1. The van der Waals surface area contributed by atoms with Crippen LogP contribution in [0, 0.1) is 0 Å². The van der Waals surface area contributed by atoms with Crippen molar-refractivity contribution >= 4 is 6.08 Å². The highest BCUT2D eigenvalue weighted by Gasteiger charge is 2.22. The van der Waals surface area contributed by atoms with Gasteiger partial charge in [0.2, 0.25) is 0 Å². The zero-order chi connectivity index (χ0) is 17.2. The van der Waals surface area contributed by atoms with E-state index in [4.69, 9.17) is 9.47 Å². The fourth-order valence-electron chi connectivity index (χ4n) is 3.56. The van der Waals surface area contributed by atoms with Gasteiger partial charge in [-0.15, -0.1) is 0 Å². The number of aliphatic hydroxyl groups excluding tert-OH is 1. The van der Waals surface area contributed by atoms with Crippen LogP contribution in [0.4, 0.5) is 0 Å². The van der Waals surface area contributed by atoms with Gasteiger partial charge in [0.15, 0.2) is 0 Å². The van der Waals surface area contributed by atoms with Crippen LogP contribution in [0.15, 0.2) is 41.2 Å². The maximum Gasteiger partial charge on any atom is 0.142 e. The summed E-state index contributed by atoms with van der Waals surface area (Å²) >= 11 is 0. The third-order valence-electron chi connectivity index (χ3n) is 5.07. The Morgan fingerprint density at radius 2 is 2.00 bits per heavy atom. The Kier molecular flexibility index (Phi) is 4.53. The van der Waals surface area contributed by atoms with E-state index in [2.05, 4.69) is 24.0 Å². The molecule has 0 amide bonds. The van der Waals surface area contributed by atoms with E-state index in [1.807, 2.05) is 12.1 Å². The summed E-state index contributed by atoms with van der Waals surface area (Å²) in [5.41, 5.74) is 4.82. The van der Waals surface area contributed by atoms with Gasteiger partial charge in [-0.2, -0.15) is 0 Å². The zero-order valence-corrected chi connectivity index (χ0v) is 14.8. The molecule has 0 fully saturated rings. The lowest BCUT2D eigenvalue weighted by Gasteiger charge is -2.30. The lowest BCUT2D eigenvalue weighted by molar-refractivity contribution is 0.0936. The van der Waals surface area contributed by atoms with Gasteiger partial charge in [0.05, 0.1) is 5.76 Å². The number of ether oxygens (including phenoxy) is 2. The average molecular weight is 339 g/mol. The molecule has 0 radical (unpaired) electrons. The summed E-state index contributed by atoms with van der Waals surface area (Å²) in [4.78, 5) is 2.35. The largest absolute Gasteiger partial charge is 0.512 e. The predicted octanol–water partition coefficient (Wildman–Crippen LogP) is 4.58. The van der Waals surface area contributed by atoms with Crippen molar-refractivity contribution in [3.05, 3.63) is 52.3 Å². The van der Waals surface area contributed by atoms with Gasteiger partial charge in [0.1, 0.15) is 24.8 Å². The second kappa shape index (κ2) is 6.96. The minimum absolute atomic E-state index is 0.458. The van der Waals surface area contributed by atoms with Gasteiger partial charge in [-0.25, -0.2) is 0 Å². The summed E-state index contributed by atoms with van der Waals surface area (Å²) in [6.45, 7) is 5.47. The topological polar surface area (TPSA) is 41.9 Å². The van der Waals surface area contributed by atoms with Crippen LogP contribution in [-0.4, -0.2) is 29.9 Å². The molecule has 0 bridgehead atoms. The SMILES string of the molecule is CCCCN1COc2cc3c(cc2C1)C=C(C1=CC=C(O)CC1)CO3. The van der Waals surface area contributed by atoms with E-state index >= 15 is 0 Å². The van der Waals surface area contributed by atoms with Gasteiger partial charge >= 0.3 is 0 Å². The van der Waals surface area contributed by atoms with Crippen molar-refractivity contribution in [2.75, 3.05) is 19.9 Å².